The van der Waals surface area contributed by atoms with Crippen LogP contribution in [0.4, 0.5) is 8.78 Å². The fraction of sp³-hybridized carbons (Fsp3) is 0.294. The molecule has 0 saturated carbocycles. The number of sulfonamides is 2. The monoisotopic (exact) mass is 418 g/mol. The highest BCUT2D eigenvalue weighted by Crippen LogP contribution is 2.17. The maximum Gasteiger partial charge on any atom is 0.243 e. The highest BCUT2D eigenvalue weighted by atomic mass is 32.2. The fourth-order valence-electron chi connectivity index (χ4n) is 2.42. The van der Waals surface area contributed by atoms with Crippen molar-refractivity contribution in [1.82, 2.24) is 9.44 Å². The summed E-state index contributed by atoms with van der Waals surface area (Å²) >= 11 is 0. The number of rotatable bonds is 8. The van der Waals surface area contributed by atoms with Crippen molar-refractivity contribution >= 4 is 20.0 Å². The van der Waals surface area contributed by atoms with Crippen LogP contribution in [-0.2, 0) is 32.3 Å². The molecule has 10 heteroatoms. The van der Waals surface area contributed by atoms with Crippen LogP contribution in [0.15, 0.2) is 47.4 Å². The van der Waals surface area contributed by atoms with E-state index in [0.29, 0.717) is 17.2 Å². The predicted octanol–water partition coefficient (Wildman–Crippen LogP) is 2.27. The third-order valence-electron chi connectivity index (χ3n) is 3.52. The Bertz CT molecular complexity index is 1020. The summed E-state index contributed by atoms with van der Waals surface area (Å²) in [6, 6.07) is 8.29. The Hall–Kier alpha value is -1.88. The lowest BCUT2D eigenvalue weighted by atomic mass is 10.1. The standard InChI is InChI=1S/C17H20F2N2O4S2/c1-12(2)21-26(22,23)11-14-6-4-3-5-13(14)10-20-27(24,25)17-8-7-15(18)9-16(17)19/h3-9,12,20-21H,10-11H2,1-2H3. The maximum absolute atomic E-state index is 13.7. The Kier molecular flexibility index (Phi) is 6.68. The Morgan fingerprint density at radius 2 is 1.59 bits per heavy atom. The van der Waals surface area contributed by atoms with Gasteiger partial charge in [-0.05, 0) is 37.1 Å². The van der Waals surface area contributed by atoms with Crippen LogP contribution < -0.4 is 9.44 Å². The van der Waals surface area contributed by atoms with Crippen molar-refractivity contribution in [2.75, 3.05) is 0 Å². The topological polar surface area (TPSA) is 92.3 Å². The van der Waals surface area contributed by atoms with Crippen molar-refractivity contribution < 1.29 is 25.6 Å². The van der Waals surface area contributed by atoms with E-state index < -0.39 is 36.6 Å². The zero-order valence-corrected chi connectivity index (χ0v) is 16.4. The molecule has 0 fully saturated rings. The first kappa shape index (κ1) is 21.4. The van der Waals surface area contributed by atoms with Gasteiger partial charge in [0.1, 0.15) is 16.5 Å². The quantitative estimate of drug-likeness (QED) is 0.688. The molecule has 0 bridgehead atoms. The molecule has 0 aliphatic carbocycles. The van der Waals surface area contributed by atoms with E-state index in [2.05, 4.69) is 9.44 Å². The van der Waals surface area contributed by atoms with Crippen molar-refractivity contribution in [2.24, 2.45) is 0 Å². The average Bonchev–Trinajstić information content (AvgIpc) is 2.52. The van der Waals surface area contributed by atoms with E-state index >= 15 is 0 Å². The highest BCUT2D eigenvalue weighted by molar-refractivity contribution is 7.89. The molecule has 0 atom stereocenters. The summed E-state index contributed by atoms with van der Waals surface area (Å²) in [7, 11) is -7.84. The van der Waals surface area contributed by atoms with Crippen molar-refractivity contribution in [1.29, 1.82) is 0 Å². The summed E-state index contributed by atoms with van der Waals surface area (Å²) < 4.78 is 80.2. The van der Waals surface area contributed by atoms with E-state index in [1.165, 1.54) is 0 Å². The molecule has 0 heterocycles. The van der Waals surface area contributed by atoms with E-state index in [1.54, 1.807) is 38.1 Å². The number of benzene rings is 2. The fourth-order valence-corrected chi connectivity index (χ4v) is 4.98. The van der Waals surface area contributed by atoms with Crippen molar-refractivity contribution in [3.8, 4) is 0 Å². The van der Waals surface area contributed by atoms with E-state index in [4.69, 9.17) is 0 Å². The van der Waals surface area contributed by atoms with Crippen LogP contribution in [0, 0.1) is 11.6 Å². The van der Waals surface area contributed by atoms with Gasteiger partial charge in [0.05, 0.1) is 5.75 Å². The van der Waals surface area contributed by atoms with Crippen LogP contribution in [0.2, 0.25) is 0 Å². The van der Waals surface area contributed by atoms with Gasteiger partial charge in [-0.3, -0.25) is 0 Å². The Balaban J connectivity index is 2.21. The second kappa shape index (κ2) is 8.42. The Morgan fingerprint density at radius 1 is 0.963 bits per heavy atom. The summed E-state index contributed by atoms with van der Waals surface area (Å²) in [6.45, 7) is 3.14. The molecule has 27 heavy (non-hydrogen) atoms. The van der Waals surface area contributed by atoms with E-state index in [1.807, 2.05) is 0 Å². The van der Waals surface area contributed by atoms with Crippen LogP contribution in [0.1, 0.15) is 25.0 Å². The smallest absolute Gasteiger partial charge is 0.212 e. The lowest BCUT2D eigenvalue weighted by Gasteiger charge is -2.13. The van der Waals surface area contributed by atoms with E-state index in [-0.39, 0.29) is 18.3 Å². The first-order chi connectivity index (χ1) is 12.5. The second-order valence-corrected chi connectivity index (χ2v) is 9.69. The Labute approximate surface area is 157 Å². The lowest BCUT2D eigenvalue weighted by Crippen LogP contribution is -2.32. The molecule has 0 unspecified atom stereocenters. The molecule has 2 aromatic carbocycles. The van der Waals surface area contributed by atoms with Crippen molar-refractivity contribution in [3.05, 3.63) is 65.2 Å². The molecule has 0 aliphatic heterocycles. The second-order valence-electron chi connectivity index (χ2n) is 6.20. The Morgan fingerprint density at radius 3 is 2.19 bits per heavy atom. The van der Waals surface area contributed by atoms with Gasteiger partial charge in [0, 0.05) is 18.7 Å². The van der Waals surface area contributed by atoms with Gasteiger partial charge in [0.25, 0.3) is 0 Å². The number of hydrogen-bond donors (Lipinski definition) is 2. The average molecular weight is 418 g/mol. The minimum Gasteiger partial charge on any atom is -0.212 e. The third-order valence-corrected chi connectivity index (χ3v) is 6.47. The van der Waals surface area contributed by atoms with Gasteiger partial charge in [-0.1, -0.05) is 24.3 Å². The van der Waals surface area contributed by atoms with Gasteiger partial charge < -0.3 is 0 Å². The van der Waals surface area contributed by atoms with Gasteiger partial charge in [-0.25, -0.2) is 35.1 Å². The van der Waals surface area contributed by atoms with Gasteiger partial charge >= 0.3 is 0 Å². The summed E-state index contributed by atoms with van der Waals surface area (Å²) in [5, 5.41) is 0. The van der Waals surface area contributed by atoms with Crippen LogP contribution >= 0.6 is 0 Å². The van der Waals surface area contributed by atoms with E-state index in [9.17, 15) is 25.6 Å². The van der Waals surface area contributed by atoms with Gasteiger partial charge in [0.15, 0.2) is 0 Å². The number of hydrogen-bond acceptors (Lipinski definition) is 4. The lowest BCUT2D eigenvalue weighted by molar-refractivity contribution is 0.543. The highest BCUT2D eigenvalue weighted by Gasteiger charge is 2.21. The molecule has 2 aromatic rings. The van der Waals surface area contributed by atoms with Crippen LogP contribution in [0.3, 0.4) is 0 Å². The summed E-state index contributed by atoms with van der Waals surface area (Å²) in [4.78, 5) is -0.685. The third kappa shape index (κ3) is 6.06. The van der Waals surface area contributed by atoms with Crippen LogP contribution in [0.25, 0.3) is 0 Å². The van der Waals surface area contributed by atoms with Crippen molar-refractivity contribution in [3.63, 3.8) is 0 Å². The predicted molar refractivity (Wildman–Crippen MR) is 97.7 cm³/mol. The maximum atomic E-state index is 13.7. The summed E-state index contributed by atoms with van der Waals surface area (Å²) in [6.07, 6.45) is 0. The molecular formula is C17H20F2N2O4S2. The molecule has 0 radical (unpaired) electrons. The molecular weight excluding hydrogens is 398 g/mol. The van der Waals surface area contributed by atoms with Crippen LogP contribution in [0.5, 0.6) is 0 Å². The van der Waals surface area contributed by atoms with Gasteiger partial charge in [-0.2, -0.15) is 0 Å². The molecule has 2 rings (SSSR count). The molecule has 0 aromatic heterocycles. The van der Waals surface area contributed by atoms with Crippen LogP contribution in [-0.4, -0.2) is 22.9 Å². The first-order valence-corrected chi connectivity index (χ1v) is 11.2. The van der Waals surface area contributed by atoms with E-state index in [0.717, 1.165) is 12.1 Å². The minimum absolute atomic E-state index is 0.244. The number of halogens is 2. The molecule has 6 nitrogen and oxygen atoms in total. The molecule has 2 N–H and O–H groups in total. The zero-order valence-electron chi connectivity index (χ0n) is 14.7. The molecule has 0 spiro atoms. The molecule has 0 aliphatic rings. The zero-order chi connectivity index (χ0) is 20.2. The van der Waals surface area contributed by atoms with Gasteiger partial charge in [0.2, 0.25) is 20.0 Å². The van der Waals surface area contributed by atoms with Crippen molar-refractivity contribution in [2.45, 2.75) is 37.1 Å². The van der Waals surface area contributed by atoms with Gasteiger partial charge in [-0.15, -0.1) is 0 Å². The molecule has 0 saturated heterocycles. The molecule has 0 amide bonds. The normalized spacial score (nSPS) is 12.5. The SMILES string of the molecule is CC(C)NS(=O)(=O)Cc1ccccc1CNS(=O)(=O)c1ccc(F)cc1F. The summed E-state index contributed by atoms with van der Waals surface area (Å²) in [5.74, 6) is -2.42. The summed E-state index contributed by atoms with van der Waals surface area (Å²) in [5.41, 5.74) is 0.839. The molecule has 148 valence electrons. The number of nitrogens with one attached hydrogen (secondary N) is 2. The minimum atomic E-state index is -4.24. The largest absolute Gasteiger partial charge is 0.243 e. The first-order valence-electron chi connectivity index (χ1n) is 8.02.